The largest absolute Gasteiger partial charge is 0.481 e. The highest BCUT2D eigenvalue weighted by Crippen LogP contribution is 2.14. The van der Waals surface area contributed by atoms with Gasteiger partial charge in [0.15, 0.2) is 0 Å². The number of nitrogens with zero attached hydrogens (tertiary/aromatic N) is 1. The quantitative estimate of drug-likeness (QED) is 0.859. The first-order chi connectivity index (χ1) is 8.91. The van der Waals surface area contributed by atoms with Crippen molar-refractivity contribution < 1.29 is 14.7 Å². The van der Waals surface area contributed by atoms with Gasteiger partial charge in [0, 0.05) is 18.3 Å². The molecule has 0 unspecified atom stereocenters. The number of amides is 2. The number of carbonyl (C=O) groups is 2. The van der Waals surface area contributed by atoms with Crippen LogP contribution in [0.5, 0.6) is 0 Å². The average Bonchev–Trinajstić information content (AvgIpc) is 2.31. The van der Waals surface area contributed by atoms with E-state index in [1.54, 1.807) is 0 Å². The first-order valence-corrected chi connectivity index (χ1v) is 6.27. The summed E-state index contributed by atoms with van der Waals surface area (Å²) in [5.41, 5.74) is 1.71. The van der Waals surface area contributed by atoms with Crippen LogP contribution < -0.4 is 5.32 Å². The molecule has 0 heterocycles. The number of urea groups is 1. The number of aryl methyl sites for hydroxylation is 1. The standard InChI is InChI=1S/C14H20N2O3/c1-10(2)16(9-8-13(17)18)14(19)15-12-7-5-4-6-11(12)3/h4-7,10H,8-9H2,1-3H3,(H,15,19)(H,17,18). The second kappa shape index (κ2) is 6.78. The van der Waals surface area contributed by atoms with E-state index in [0.29, 0.717) is 0 Å². The summed E-state index contributed by atoms with van der Waals surface area (Å²) >= 11 is 0. The van der Waals surface area contributed by atoms with Gasteiger partial charge in [0.25, 0.3) is 0 Å². The van der Waals surface area contributed by atoms with E-state index in [4.69, 9.17) is 5.11 Å². The molecule has 0 aromatic heterocycles. The Morgan fingerprint density at radius 3 is 2.47 bits per heavy atom. The van der Waals surface area contributed by atoms with Crippen LogP contribution in [-0.2, 0) is 4.79 Å². The molecule has 0 aliphatic heterocycles. The molecule has 2 amide bonds. The van der Waals surface area contributed by atoms with Crippen molar-refractivity contribution in [1.29, 1.82) is 0 Å². The van der Waals surface area contributed by atoms with Gasteiger partial charge in [-0.3, -0.25) is 4.79 Å². The highest BCUT2D eigenvalue weighted by atomic mass is 16.4. The molecule has 1 aromatic carbocycles. The molecule has 2 N–H and O–H groups in total. The summed E-state index contributed by atoms with van der Waals surface area (Å²) in [7, 11) is 0. The summed E-state index contributed by atoms with van der Waals surface area (Å²) in [5.74, 6) is -0.908. The lowest BCUT2D eigenvalue weighted by molar-refractivity contribution is -0.137. The molecule has 5 nitrogen and oxygen atoms in total. The zero-order chi connectivity index (χ0) is 14.4. The Balaban J connectivity index is 2.72. The second-order valence-corrected chi connectivity index (χ2v) is 4.68. The van der Waals surface area contributed by atoms with Gasteiger partial charge in [0.05, 0.1) is 6.42 Å². The number of carbonyl (C=O) groups excluding carboxylic acids is 1. The van der Waals surface area contributed by atoms with Crippen molar-refractivity contribution in [2.75, 3.05) is 11.9 Å². The lowest BCUT2D eigenvalue weighted by Gasteiger charge is -2.26. The maximum Gasteiger partial charge on any atom is 0.322 e. The van der Waals surface area contributed by atoms with Gasteiger partial charge >= 0.3 is 12.0 Å². The minimum absolute atomic E-state index is 0.0524. The maximum atomic E-state index is 12.1. The number of nitrogens with one attached hydrogen (secondary N) is 1. The van der Waals surface area contributed by atoms with Gasteiger partial charge in [-0.15, -0.1) is 0 Å². The second-order valence-electron chi connectivity index (χ2n) is 4.68. The number of carboxylic acid groups (broad SMARTS) is 1. The number of benzene rings is 1. The minimum Gasteiger partial charge on any atom is -0.481 e. The number of rotatable bonds is 5. The minimum atomic E-state index is -0.908. The third kappa shape index (κ3) is 4.62. The number of para-hydroxylation sites is 1. The lowest BCUT2D eigenvalue weighted by atomic mass is 10.2. The fraction of sp³-hybridized carbons (Fsp3) is 0.429. The Morgan fingerprint density at radius 2 is 1.95 bits per heavy atom. The lowest BCUT2D eigenvalue weighted by Crippen LogP contribution is -2.41. The van der Waals surface area contributed by atoms with Gasteiger partial charge in [-0.2, -0.15) is 0 Å². The molecule has 1 rings (SSSR count). The van der Waals surface area contributed by atoms with E-state index in [9.17, 15) is 9.59 Å². The normalized spacial score (nSPS) is 10.3. The number of anilines is 1. The molecule has 0 radical (unpaired) electrons. The van der Waals surface area contributed by atoms with E-state index >= 15 is 0 Å². The number of hydrogen-bond acceptors (Lipinski definition) is 2. The van der Waals surface area contributed by atoms with Gasteiger partial charge in [0.1, 0.15) is 0 Å². The first kappa shape index (κ1) is 15.0. The molecule has 0 saturated heterocycles. The van der Waals surface area contributed by atoms with Crippen LogP contribution in [0.3, 0.4) is 0 Å². The molecule has 0 saturated carbocycles. The van der Waals surface area contributed by atoms with Crippen molar-refractivity contribution in [1.82, 2.24) is 4.90 Å². The van der Waals surface area contributed by atoms with Crippen LogP contribution in [0.25, 0.3) is 0 Å². The molecule has 0 bridgehead atoms. The van der Waals surface area contributed by atoms with Crippen LogP contribution in [0.2, 0.25) is 0 Å². The van der Waals surface area contributed by atoms with E-state index in [1.807, 2.05) is 45.0 Å². The van der Waals surface area contributed by atoms with Gasteiger partial charge in [-0.1, -0.05) is 18.2 Å². The Kier molecular flexibility index (Phi) is 5.36. The third-order valence-electron chi connectivity index (χ3n) is 2.84. The van der Waals surface area contributed by atoms with Crippen LogP contribution >= 0.6 is 0 Å². The Bertz CT molecular complexity index is 458. The predicted octanol–water partition coefficient (Wildman–Crippen LogP) is 2.71. The zero-order valence-corrected chi connectivity index (χ0v) is 11.5. The summed E-state index contributed by atoms with van der Waals surface area (Å²) in [6, 6.07) is 7.15. The van der Waals surface area contributed by atoms with Crippen LogP contribution in [0.15, 0.2) is 24.3 Å². The highest BCUT2D eigenvalue weighted by molar-refractivity contribution is 5.90. The first-order valence-electron chi connectivity index (χ1n) is 6.27. The third-order valence-corrected chi connectivity index (χ3v) is 2.84. The van der Waals surface area contributed by atoms with E-state index in [2.05, 4.69) is 5.32 Å². The van der Waals surface area contributed by atoms with Crippen LogP contribution in [-0.4, -0.2) is 34.6 Å². The summed E-state index contributed by atoms with van der Waals surface area (Å²) in [6.07, 6.45) is -0.0562. The molecule has 104 valence electrons. The average molecular weight is 264 g/mol. The monoisotopic (exact) mass is 264 g/mol. The smallest absolute Gasteiger partial charge is 0.322 e. The van der Waals surface area contributed by atoms with Gasteiger partial charge < -0.3 is 15.3 Å². The van der Waals surface area contributed by atoms with Crippen molar-refractivity contribution >= 4 is 17.7 Å². The number of aliphatic carboxylic acids is 1. The van der Waals surface area contributed by atoms with E-state index in [0.717, 1.165) is 11.3 Å². The van der Waals surface area contributed by atoms with Crippen molar-refractivity contribution in [3.63, 3.8) is 0 Å². The summed E-state index contributed by atoms with van der Waals surface area (Å²) in [5, 5.41) is 11.5. The van der Waals surface area contributed by atoms with Crippen LogP contribution in [0, 0.1) is 6.92 Å². The molecule has 19 heavy (non-hydrogen) atoms. The fourth-order valence-electron chi connectivity index (χ4n) is 1.71. The van der Waals surface area contributed by atoms with Gasteiger partial charge in [0.2, 0.25) is 0 Å². The molecule has 5 heteroatoms. The fourth-order valence-corrected chi connectivity index (χ4v) is 1.71. The molecule has 1 aromatic rings. The molecule has 0 atom stereocenters. The topological polar surface area (TPSA) is 69.6 Å². The summed E-state index contributed by atoms with van der Waals surface area (Å²) in [4.78, 5) is 24.3. The van der Waals surface area contributed by atoms with Crippen LogP contribution in [0.1, 0.15) is 25.8 Å². The molecule has 0 spiro atoms. The summed E-state index contributed by atoms with van der Waals surface area (Å²) in [6.45, 7) is 5.83. The Labute approximate surface area is 113 Å². The zero-order valence-electron chi connectivity index (χ0n) is 11.5. The van der Waals surface area contributed by atoms with Crippen molar-refractivity contribution in [3.8, 4) is 0 Å². The van der Waals surface area contributed by atoms with Gasteiger partial charge in [-0.05, 0) is 32.4 Å². The van der Waals surface area contributed by atoms with E-state index < -0.39 is 5.97 Å². The van der Waals surface area contributed by atoms with Crippen molar-refractivity contribution in [2.45, 2.75) is 33.2 Å². The molecule has 0 fully saturated rings. The van der Waals surface area contributed by atoms with E-state index in [-0.39, 0.29) is 25.0 Å². The highest BCUT2D eigenvalue weighted by Gasteiger charge is 2.18. The number of hydrogen-bond donors (Lipinski definition) is 2. The number of carboxylic acids is 1. The molecular weight excluding hydrogens is 244 g/mol. The molecule has 0 aliphatic carbocycles. The molecular formula is C14H20N2O3. The van der Waals surface area contributed by atoms with Crippen LogP contribution in [0.4, 0.5) is 10.5 Å². The Hall–Kier alpha value is -2.04. The predicted molar refractivity (Wildman–Crippen MR) is 74.3 cm³/mol. The van der Waals surface area contributed by atoms with Gasteiger partial charge in [-0.25, -0.2) is 4.79 Å². The summed E-state index contributed by atoms with van der Waals surface area (Å²) < 4.78 is 0. The SMILES string of the molecule is Cc1ccccc1NC(=O)N(CCC(=O)O)C(C)C. The Morgan fingerprint density at radius 1 is 1.32 bits per heavy atom. The van der Waals surface area contributed by atoms with E-state index in [1.165, 1.54) is 4.90 Å². The molecule has 0 aliphatic rings. The van der Waals surface area contributed by atoms with Crippen molar-refractivity contribution in [3.05, 3.63) is 29.8 Å². The van der Waals surface area contributed by atoms with Crippen molar-refractivity contribution in [2.24, 2.45) is 0 Å². The maximum absolute atomic E-state index is 12.1.